The summed E-state index contributed by atoms with van der Waals surface area (Å²) in [5.74, 6) is 0. The second-order valence-corrected chi connectivity index (χ2v) is 3.42. The summed E-state index contributed by atoms with van der Waals surface area (Å²) in [6.07, 6.45) is 1.82. The molecular weight excluding hydrogens is 200 g/mol. The van der Waals surface area contributed by atoms with Crippen molar-refractivity contribution in [2.24, 2.45) is 7.05 Å². The Kier molecular flexibility index (Phi) is 2.13. The summed E-state index contributed by atoms with van der Waals surface area (Å²) < 4.78 is 1.64. The maximum atomic E-state index is 5.89. The number of anilines is 1. The highest BCUT2D eigenvalue weighted by molar-refractivity contribution is 6.33. The van der Waals surface area contributed by atoms with Crippen LogP contribution >= 0.6 is 11.6 Å². The second-order valence-electron chi connectivity index (χ2n) is 3.01. The van der Waals surface area contributed by atoms with E-state index >= 15 is 0 Å². The number of hydrogen-bond donors (Lipinski definition) is 1. The van der Waals surface area contributed by atoms with E-state index in [0.29, 0.717) is 10.7 Å². The molecular formula is C9H9ClN4. The number of benzene rings is 1. The van der Waals surface area contributed by atoms with Gasteiger partial charge in [0.1, 0.15) is 5.69 Å². The molecule has 2 rings (SSSR count). The second kappa shape index (κ2) is 3.31. The van der Waals surface area contributed by atoms with Gasteiger partial charge < -0.3 is 5.73 Å². The highest BCUT2D eigenvalue weighted by Gasteiger charge is 2.04. The van der Waals surface area contributed by atoms with Crippen LogP contribution in [0.25, 0.3) is 11.3 Å². The number of halogens is 1. The Morgan fingerprint density at radius 1 is 1.43 bits per heavy atom. The van der Waals surface area contributed by atoms with Crippen LogP contribution in [0.1, 0.15) is 0 Å². The topological polar surface area (TPSA) is 56.7 Å². The summed E-state index contributed by atoms with van der Waals surface area (Å²) in [4.78, 5) is 0. The average Bonchev–Trinajstić information content (AvgIpc) is 2.57. The Morgan fingerprint density at radius 3 is 2.79 bits per heavy atom. The van der Waals surface area contributed by atoms with Gasteiger partial charge in [0, 0.05) is 12.6 Å². The first-order valence-corrected chi connectivity index (χ1v) is 4.46. The lowest BCUT2D eigenvalue weighted by Crippen LogP contribution is -1.86. The predicted octanol–water partition coefficient (Wildman–Crippen LogP) is 1.72. The van der Waals surface area contributed by atoms with Gasteiger partial charge in [-0.2, -0.15) is 0 Å². The first kappa shape index (κ1) is 9.02. The lowest BCUT2D eigenvalue weighted by Gasteiger charge is -1.99. The van der Waals surface area contributed by atoms with E-state index in [0.717, 1.165) is 11.3 Å². The molecule has 0 saturated heterocycles. The smallest absolute Gasteiger partial charge is 0.113 e. The highest BCUT2D eigenvalue weighted by atomic mass is 35.5. The van der Waals surface area contributed by atoms with Gasteiger partial charge in [-0.25, -0.2) is 0 Å². The number of aryl methyl sites for hydroxylation is 1. The van der Waals surface area contributed by atoms with Gasteiger partial charge in [0.05, 0.1) is 16.9 Å². The first-order valence-electron chi connectivity index (χ1n) is 4.08. The minimum absolute atomic E-state index is 0.535. The Balaban J connectivity index is 2.47. The van der Waals surface area contributed by atoms with E-state index in [1.54, 1.807) is 16.8 Å². The summed E-state index contributed by atoms with van der Waals surface area (Å²) in [6, 6.07) is 5.40. The third-order valence-electron chi connectivity index (χ3n) is 1.90. The van der Waals surface area contributed by atoms with E-state index in [4.69, 9.17) is 17.3 Å². The van der Waals surface area contributed by atoms with E-state index in [1.807, 2.05) is 19.3 Å². The third kappa shape index (κ3) is 1.56. The largest absolute Gasteiger partial charge is 0.398 e. The van der Waals surface area contributed by atoms with Gasteiger partial charge in [-0.15, -0.1) is 5.10 Å². The molecule has 0 aliphatic rings. The number of aromatic nitrogens is 3. The van der Waals surface area contributed by atoms with Crippen LogP contribution < -0.4 is 5.73 Å². The zero-order valence-corrected chi connectivity index (χ0v) is 8.36. The van der Waals surface area contributed by atoms with E-state index in [1.165, 1.54) is 0 Å². The van der Waals surface area contributed by atoms with Gasteiger partial charge in [-0.05, 0) is 12.1 Å². The quantitative estimate of drug-likeness (QED) is 0.726. The molecule has 0 aliphatic heterocycles. The van der Waals surface area contributed by atoms with Crippen LogP contribution in [0.5, 0.6) is 0 Å². The van der Waals surface area contributed by atoms with Crippen LogP contribution in [0, 0.1) is 0 Å². The Bertz CT molecular complexity index is 464. The van der Waals surface area contributed by atoms with Gasteiger partial charge in [-0.1, -0.05) is 22.9 Å². The summed E-state index contributed by atoms with van der Waals surface area (Å²) in [6.45, 7) is 0. The molecule has 0 aliphatic carbocycles. The zero-order valence-electron chi connectivity index (χ0n) is 7.61. The molecule has 0 unspecified atom stereocenters. The molecule has 2 aromatic rings. The highest BCUT2D eigenvalue weighted by Crippen LogP contribution is 2.25. The molecule has 1 heterocycles. The predicted molar refractivity (Wildman–Crippen MR) is 55.9 cm³/mol. The van der Waals surface area contributed by atoms with E-state index in [9.17, 15) is 0 Å². The van der Waals surface area contributed by atoms with Gasteiger partial charge in [-0.3, -0.25) is 4.68 Å². The Labute approximate surface area is 86.3 Å². The van der Waals surface area contributed by atoms with Crippen molar-refractivity contribution >= 4 is 17.3 Å². The van der Waals surface area contributed by atoms with Gasteiger partial charge in [0.15, 0.2) is 0 Å². The van der Waals surface area contributed by atoms with Crippen LogP contribution in [0.2, 0.25) is 5.02 Å². The Morgan fingerprint density at radius 2 is 2.21 bits per heavy atom. The van der Waals surface area contributed by atoms with Crippen molar-refractivity contribution in [3.05, 3.63) is 29.4 Å². The van der Waals surface area contributed by atoms with Crippen LogP contribution in [0.3, 0.4) is 0 Å². The van der Waals surface area contributed by atoms with Crippen LogP contribution in [-0.2, 0) is 7.05 Å². The summed E-state index contributed by atoms with van der Waals surface area (Å²) in [5.41, 5.74) is 7.87. The molecule has 0 bridgehead atoms. The lowest BCUT2D eigenvalue weighted by atomic mass is 10.1. The average molecular weight is 209 g/mol. The van der Waals surface area contributed by atoms with Crippen molar-refractivity contribution < 1.29 is 0 Å². The summed E-state index contributed by atoms with van der Waals surface area (Å²) >= 11 is 5.89. The van der Waals surface area contributed by atoms with Crippen LogP contribution in [0.15, 0.2) is 24.4 Å². The fourth-order valence-electron chi connectivity index (χ4n) is 1.17. The molecule has 72 valence electrons. The van der Waals surface area contributed by atoms with E-state index < -0.39 is 0 Å². The molecule has 0 spiro atoms. The van der Waals surface area contributed by atoms with Crippen molar-refractivity contribution in [3.8, 4) is 11.3 Å². The molecule has 1 aromatic heterocycles. The van der Waals surface area contributed by atoms with Crippen molar-refractivity contribution in [1.29, 1.82) is 0 Å². The van der Waals surface area contributed by atoms with Crippen molar-refractivity contribution in [1.82, 2.24) is 15.0 Å². The van der Waals surface area contributed by atoms with Crippen molar-refractivity contribution in [3.63, 3.8) is 0 Å². The monoisotopic (exact) mass is 208 g/mol. The number of hydrogen-bond acceptors (Lipinski definition) is 3. The van der Waals surface area contributed by atoms with Gasteiger partial charge >= 0.3 is 0 Å². The molecule has 14 heavy (non-hydrogen) atoms. The normalized spacial score (nSPS) is 10.4. The number of nitrogen functional groups attached to an aromatic ring is 1. The zero-order chi connectivity index (χ0) is 10.1. The molecule has 2 N–H and O–H groups in total. The third-order valence-corrected chi connectivity index (χ3v) is 2.23. The van der Waals surface area contributed by atoms with Crippen molar-refractivity contribution in [2.45, 2.75) is 0 Å². The van der Waals surface area contributed by atoms with E-state index in [-0.39, 0.29) is 0 Å². The molecule has 5 heteroatoms. The fraction of sp³-hybridized carbons (Fsp3) is 0.111. The minimum Gasteiger partial charge on any atom is -0.398 e. The molecule has 0 radical (unpaired) electrons. The number of nitrogens with zero attached hydrogens (tertiary/aromatic N) is 3. The number of rotatable bonds is 1. The van der Waals surface area contributed by atoms with Crippen molar-refractivity contribution in [2.75, 3.05) is 5.73 Å². The molecule has 0 fully saturated rings. The summed E-state index contributed by atoms with van der Waals surface area (Å²) in [5, 5.41) is 8.34. The van der Waals surface area contributed by atoms with Gasteiger partial charge in [0.2, 0.25) is 0 Å². The maximum absolute atomic E-state index is 5.89. The molecule has 0 saturated carbocycles. The fourth-order valence-corrected chi connectivity index (χ4v) is 1.35. The lowest BCUT2D eigenvalue weighted by molar-refractivity contribution is 0.715. The Hall–Kier alpha value is -1.55. The standard InChI is InChI=1S/C9H9ClN4/c1-14-5-9(12-13-14)6-2-3-8(11)7(10)4-6/h2-5H,11H2,1H3. The van der Waals surface area contributed by atoms with Gasteiger partial charge in [0.25, 0.3) is 0 Å². The molecule has 4 nitrogen and oxygen atoms in total. The number of nitrogens with two attached hydrogens (primary N) is 1. The minimum atomic E-state index is 0.535. The summed E-state index contributed by atoms with van der Waals surface area (Å²) in [7, 11) is 1.81. The molecule has 0 amide bonds. The van der Waals surface area contributed by atoms with Crippen LogP contribution in [0.4, 0.5) is 5.69 Å². The van der Waals surface area contributed by atoms with Crippen LogP contribution in [-0.4, -0.2) is 15.0 Å². The molecule has 0 atom stereocenters. The van der Waals surface area contributed by atoms with E-state index in [2.05, 4.69) is 10.3 Å². The molecule has 1 aromatic carbocycles. The first-order chi connectivity index (χ1) is 6.66. The maximum Gasteiger partial charge on any atom is 0.113 e. The SMILES string of the molecule is Cn1cc(-c2ccc(N)c(Cl)c2)nn1.